The van der Waals surface area contributed by atoms with Crippen molar-refractivity contribution in [3.05, 3.63) is 51.3 Å². The fourth-order valence-electron chi connectivity index (χ4n) is 2.48. The van der Waals surface area contributed by atoms with Gasteiger partial charge in [-0.3, -0.25) is 4.72 Å². The number of aryl methyl sites for hydroxylation is 4. The van der Waals surface area contributed by atoms with Crippen LogP contribution in [0.25, 0.3) is 9.88 Å². The van der Waals surface area contributed by atoms with Crippen LogP contribution < -0.4 is 4.72 Å². The molecular formula is C18H20N2O2S3. The summed E-state index contributed by atoms with van der Waals surface area (Å²) >= 11 is 3.06. The molecular weight excluding hydrogens is 372 g/mol. The molecule has 0 saturated carbocycles. The third-order valence-corrected chi connectivity index (χ3v) is 7.92. The van der Waals surface area contributed by atoms with Gasteiger partial charge in [-0.05, 0) is 51.0 Å². The second-order valence-electron chi connectivity index (χ2n) is 5.85. The first-order valence-electron chi connectivity index (χ1n) is 7.96. The predicted molar refractivity (Wildman–Crippen MR) is 106 cm³/mol. The zero-order chi connectivity index (χ0) is 18.2. The van der Waals surface area contributed by atoms with Crippen molar-refractivity contribution in [1.29, 1.82) is 0 Å². The maximum atomic E-state index is 12.8. The molecule has 0 radical (unpaired) electrons. The van der Waals surface area contributed by atoms with Crippen molar-refractivity contribution in [2.24, 2.45) is 0 Å². The summed E-state index contributed by atoms with van der Waals surface area (Å²) < 4.78 is 28.3. The molecule has 0 fully saturated rings. The van der Waals surface area contributed by atoms with E-state index in [1.165, 1.54) is 11.3 Å². The minimum Gasteiger partial charge on any atom is -0.280 e. The van der Waals surface area contributed by atoms with Crippen LogP contribution in [0.1, 0.15) is 27.9 Å². The Kier molecular flexibility index (Phi) is 4.99. The Labute approximate surface area is 156 Å². The first-order valence-corrected chi connectivity index (χ1v) is 11.1. The van der Waals surface area contributed by atoms with Crippen LogP contribution in [-0.4, -0.2) is 13.4 Å². The smallest absolute Gasteiger partial charge is 0.263 e. The molecule has 0 aliphatic heterocycles. The van der Waals surface area contributed by atoms with E-state index in [1.54, 1.807) is 23.5 Å². The van der Waals surface area contributed by atoms with Gasteiger partial charge in [0.2, 0.25) is 0 Å². The van der Waals surface area contributed by atoms with Crippen LogP contribution in [0, 0.1) is 20.8 Å². The summed E-state index contributed by atoms with van der Waals surface area (Å²) in [6, 6.07) is 9.22. The third-order valence-electron chi connectivity index (χ3n) is 3.99. The number of anilines is 1. The second-order valence-corrected chi connectivity index (χ2v) is 9.96. The van der Waals surface area contributed by atoms with Crippen LogP contribution in [0.3, 0.4) is 0 Å². The first-order chi connectivity index (χ1) is 11.8. The van der Waals surface area contributed by atoms with Gasteiger partial charge in [-0.1, -0.05) is 19.1 Å². The van der Waals surface area contributed by atoms with Crippen molar-refractivity contribution in [2.75, 3.05) is 4.72 Å². The van der Waals surface area contributed by atoms with Crippen molar-refractivity contribution in [1.82, 2.24) is 4.98 Å². The first kappa shape index (κ1) is 18.1. The molecule has 2 aromatic heterocycles. The molecule has 7 heteroatoms. The molecule has 0 saturated heterocycles. The number of thiophene rings is 1. The Balaban J connectivity index is 1.94. The fraction of sp³-hybridized carbons (Fsp3) is 0.278. The molecule has 0 amide bonds. The van der Waals surface area contributed by atoms with E-state index in [2.05, 4.69) is 9.71 Å². The lowest BCUT2D eigenvalue weighted by Crippen LogP contribution is -2.13. The molecule has 0 atom stereocenters. The standard InChI is InChI=1S/C18H20N2O2S3/c1-5-14-7-6-8-15(9-14)20-25(21,22)17-10-16(23-13(17)4)18-19-11(2)12(3)24-18/h6-10,20H,5H2,1-4H3. The van der Waals surface area contributed by atoms with Gasteiger partial charge in [-0.25, -0.2) is 13.4 Å². The highest BCUT2D eigenvalue weighted by atomic mass is 32.2. The van der Waals surface area contributed by atoms with E-state index in [4.69, 9.17) is 0 Å². The molecule has 0 spiro atoms. The average Bonchev–Trinajstić information content (AvgIpc) is 3.11. The monoisotopic (exact) mass is 392 g/mol. The number of hydrogen-bond acceptors (Lipinski definition) is 5. The largest absolute Gasteiger partial charge is 0.280 e. The number of nitrogens with one attached hydrogen (secondary N) is 1. The van der Waals surface area contributed by atoms with E-state index in [1.807, 2.05) is 45.9 Å². The van der Waals surface area contributed by atoms with Crippen molar-refractivity contribution in [2.45, 2.75) is 39.0 Å². The number of hydrogen-bond donors (Lipinski definition) is 1. The minimum absolute atomic E-state index is 0.319. The van der Waals surface area contributed by atoms with E-state index >= 15 is 0 Å². The van der Waals surface area contributed by atoms with Gasteiger partial charge in [-0.15, -0.1) is 22.7 Å². The number of rotatable bonds is 5. The molecule has 1 aromatic carbocycles. The molecule has 132 valence electrons. The maximum absolute atomic E-state index is 12.8. The van der Waals surface area contributed by atoms with E-state index in [-0.39, 0.29) is 0 Å². The van der Waals surface area contributed by atoms with Crippen LogP contribution in [0.15, 0.2) is 35.2 Å². The quantitative estimate of drug-likeness (QED) is 0.652. The molecule has 25 heavy (non-hydrogen) atoms. The normalized spacial score (nSPS) is 11.7. The summed E-state index contributed by atoms with van der Waals surface area (Å²) in [5.41, 5.74) is 2.68. The Morgan fingerprint density at radius 2 is 1.84 bits per heavy atom. The third kappa shape index (κ3) is 3.78. The fourth-order valence-corrected chi connectivity index (χ4v) is 6.08. The lowest BCUT2D eigenvalue weighted by atomic mass is 10.1. The molecule has 2 heterocycles. The maximum Gasteiger partial charge on any atom is 0.263 e. The van der Waals surface area contributed by atoms with E-state index in [0.717, 1.165) is 37.3 Å². The Morgan fingerprint density at radius 3 is 2.48 bits per heavy atom. The Morgan fingerprint density at radius 1 is 1.08 bits per heavy atom. The van der Waals surface area contributed by atoms with Crippen molar-refractivity contribution in [3.8, 4) is 9.88 Å². The summed E-state index contributed by atoms with van der Waals surface area (Å²) in [5, 5.41) is 0.873. The lowest BCUT2D eigenvalue weighted by molar-refractivity contribution is 0.601. The number of benzene rings is 1. The lowest BCUT2D eigenvalue weighted by Gasteiger charge is -2.08. The van der Waals surface area contributed by atoms with Crippen LogP contribution in [-0.2, 0) is 16.4 Å². The molecule has 3 aromatic rings. The van der Waals surface area contributed by atoms with Crippen molar-refractivity contribution < 1.29 is 8.42 Å². The van der Waals surface area contributed by atoms with Crippen LogP contribution >= 0.6 is 22.7 Å². The predicted octanol–water partition coefficient (Wildman–Crippen LogP) is 5.16. The van der Waals surface area contributed by atoms with Crippen LogP contribution in [0.4, 0.5) is 5.69 Å². The van der Waals surface area contributed by atoms with E-state index in [9.17, 15) is 8.42 Å². The molecule has 4 nitrogen and oxygen atoms in total. The van der Waals surface area contributed by atoms with Gasteiger partial charge in [0.05, 0.1) is 10.6 Å². The van der Waals surface area contributed by atoms with E-state index < -0.39 is 10.0 Å². The van der Waals surface area contributed by atoms with E-state index in [0.29, 0.717) is 10.6 Å². The SMILES string of the molecule is CCc1cccc(NS(=O)(=O)c2cc(-c3nc(C)c(C)s3)sc2C)c1. The molecule has 3 rings (SSSR count). The highest BCUT2D eigenvalue weighted by Gasteiger charge is 2.22. The Bertz CT molecular complexity index is 997. The van der Waals surface area contributed by atoms with Crippen molar-refractivity contribution >= 4 is 38.4 Å². The summed E-state index contributed by atoms with van der Waals surface area (Å²) in [6.45, 7) is 7.87. The minimum atomic E-state index is -3.62. The highest BCUT2D eigenvalue weighted by Crippen LogP contribution is 2.37. The van der Waals surface area contributed by atoms with Gasteiger partial charge < -0.3 is 0 Å². The summed E-state index contributed by atoms with van der Waals surface area (Å²) in [7, 11) is -3.62. The van der Waals surface area contributed by atoms with Gasteiger partial charge in [0.15, 0.2) is 0 Å². The average molecular weight is 393 g/mol. The Hall–Kier alpha value is -1.70. The molecule has 0 aliphatic carbocycles. The topological polar surface area (TPSA) is 59.1 Å². The summed E-state index contributed by atoms with van der Waals surface area (Å²) in [6.07, 6.45) is 0.861. The summed E-state index contributed by atoms with van der Waals surface area (Å²) in [5.74, 6) is 0. The van der Waals surface area contributed by atoms with Gasteiger partial charge in [0.25, 0.3) is 10.0 Å². The molecule has 0 unspecified atom stereocenters. The molecule has 0 aliphatic rings. The van der Waals surface area contributed by atoms with Crippen molar-refractivity contribution in [3.63, 3.8) is 0 Å². The van der Waals surface area contributed by atoms with Crippen LogP contribution in [0.2, 0.25) is 0 Å². The molecule has 0 bridgehead atoms. The van der Waals surface area contributed by atoms with Gasteiger partial charge in [0, 0.05) is 15.4 Å². The number of thiazole rings is 1. The number of aromatic nitrogens is 1. The number of nitrogens with zero attached hydrogens (tertiary/aromatic N) is 1. The highest BCUT2D eigenvalue weighted by molar-refractivity contribution is 7.93. The van der Waals surface area contributed by atoms with Gasteiger partial charge in [0.1, 0.15) is 9.90 Å². The van der Waals surface area contributed by atoms with Crippen LogP contribution in [0.5, 0.6) is 0 Å². The number of sulfonamides is 1. The molecule has 1 N–H and O–H groups in total. The zero-order valence-corrected chi connectivity index (χ0v) is 17.0. The summed E-state index contributed by atoms with van der Waals surface area (Å²) in [4.78, 5) is 7.66. The van der Waals surface area contributed by atoms with Gasteiger partial charge >= 0.3 is 0 Å². The zero-order valence-electron chi connectivity index (χ0n) is 14.6. The second kappa shape index (κ2) is 6.90. The van der Waals surface area contributed by atoms with Gasteiger partial charge in [-0.2, -0.15) is 0 Å².